The van der Waals surface area contributed by atoms with E-state index in [1.54, 1.807) is 6.07 Å². The normalized spacial score (nSPS) is 18.1. The van der Waals surface area contributed by atoms with Crippen molar-refractivity contribution < 1.29 is 9.50 Å². The second kappa shape index (κ2) is 6.16. The summed E-state index contributed by atoms with van der Waals surface area (Å²) in [7, 11) is 0. The molecule has 0 aliphatic carbocycles. The van der Waals surface area contributed by atoms with Crippen LogP contribution in [-0.2, 0) is 6.54 Å². The van der Waals surface area contributed by atoms with Crippen LogP contribution in [0.5, 0.6) is 5.75 Å². The molecule has 0 amide bonds. The van der Waals surface area contributed by atoms with Crippen LogP contribution in [0.15, 0.2) is 18.2 Å². The molecule has 1 aromatic rings. The summed E-state index contributed by atoms with van der Waals surface area (Å²) in [6.45, 7) is 8.25. The van der Waals surface area contributed by atoms with Crippen molar-refractivity contribution in [1.29, 1.82) is 0 Å². The third kappa shape index (κ3) is 3.68. The number of phenols is 1. The number of hydrogen-bond donors (Lipinski definition) is 1. The second-order valence-electron chi connectivity index (χ2n) is 4.94. The predicted octanol–water partition coefficient (Wildman–Crippen LogP) is 2.06. The Balaban J connectivity index is 1.87. The van der Waals surface area contributed by atoms with Gasteiger partial charge in [0, 0.05) is 38.8 Å². The highest BCUT2D eigenvalue weighted by atomic mass is 19.1. The van der Waals surface area contributed by atoms with E-state index in [1.165, 1.54) is 12.5 Å². The van der Waals surface area contributed by atoms with Gasteiger partial charge in [0.15, 0.2) is 0 Å². The number of halogens is 1. The van der Waals surface area contributed by atoms with Crippen molar-refractivity contribution in [2.75, 3.05) is 32.7 Å². The molecule has 4 heteroatoms. The van der Waals surface area contributed by atoms with Gasteiger partial charge in [0.25, 0.3) is 0 Å². The van der Waals surface area contributed by atoms with Crippen LogP contribution < -0.4 is 0 Å². The van der Waals surface area contributed by atoms with Crippen molar-refractivity contribution in [3.05, 3.63) is 29.6 Å². The topological polar surface area (TPSA) is 26.7 Å². The molecular weight excluding hydrogens is 231 g/mol. The molecule has 3 nitrogen and oxygen atoms in total. The Bertz CT molecular complexity index is 369. The van der Waals surface area contributed by atoms with E-state index in [0.717, 1.165) is 44.4 Å². The smallest absolute Gasteiger partial charge is 0.127 e. The van der Waals surface area contributed by atoms with E-state index < -0.39 is 0 Å². The maximum Gasteiger partial charge on any atom is 0.127 e. The minimum Gasteiger partial charge on any atom is -0.508 e. The summed E-state index contributed by atoms with van der Waals surface area (Å²) in [5.74, 6) is -0.357. The van der Waals surface area contributed by atoms with Crippen LogP contribution in [0.3, 0.4) is 0 Å². The maximum absolute atomic E-state index is 13.2. The first-order valence-corrected chi connectivity index (χ1v) is 6.60. The highest BCUT2D eigenvalue weighted by Gasteiger charge is 2.16. The molecule has 0 saturated carbocycles. The number of phenolic OH excluding ortho intramolecular Hbond substituents is 1. The third-order valence-corrected chi connectivity index (χ3v) is 3.35. The molecule has 1 aromatic carbocycles. The van der Waals surface area contributed by atoms with Crippen molar-refractivity contribution in [1.82, 2.24) is 9.80 Å². The highest BCUT2D eigenvalue weighted by Crippen LogP contribution is 2.17. The van der Waals surface area contributed by atoms with Gasteiger partial charge in [-0.1, -0.05) is 6.92 Å². The van der Waals surface area contributed by atoms with Gasteiger partial charge in [-0.3, -0.25) is 4.90 Å². The van der Waals surface area contributed by atoms with Crippen molar-refractivity contribution in [3.8, 4) is 5.75 Å². The molecule has 1 fully saturated rings. The highest BCUT2D eigenvalue weighted by molar-refractivity contribution is 5.28. The number of piperazine rings is 1. The Morgan fingerprint density at radius 2 is 1.78 bits per heavy atom. The van der Waals surface area contributed by atoms with Gasteiger partial charge >= 0.3 is 0 Å². The molecule has 0 radical (unpaired) electrons. The van der Waals surface area contributed by atoms with E-state index in [0.29, 0.717) is 6.54 Å². The number of rotatable bonds is 4. The molecule has 100 valence electrons. The number of hydrogen-bond acceptors (Lipinski definition) is 3. The zero-order valence-corrected chi connectivity index (χ0v) is 10.9. The Labute approximate surface area is 108 Å². The van der Waals surface area contributed by atoms with Crippen LogP contribution in [0.2, 0.25) is 0 Å². The molecule has 1 saturated heterocycles. The molecule has 0 spiro atoms. The summed E-state index contributed by atoms with van der Waals surface area (Å²) < 4.78 is 13.2. The van der Waals surface area contributed by atoms with Crippen molar-refractivity contribution in [2.24, 2.45) is 0 Å². The van der Waals surface area contributed by atoms with E-state index in [9.17, 15) is 9.50 Å². The van der Waals surface area contributed by atoms with Crippen molar-refractivity contribution >= 4 is 0 Å². The summed E-state index contributed by atoms with van der Waals surface area (Å²) >= 11 is 0. The fraction of sp³-hybridized carbons (Fsp3) is 0.571. The molecule has 1 aliphatic heterocycles. The van der Waals surface area contributed by atoms with Crippen LogP contribution in [0.4, 0.5) is 4.39 Å². The Morgan fingerprint density at radius 3 is 2.39 bits per heavy atom. The molecule has 0 unspecified atom stereocenters. The minimum atomic E-state index is -0.366. The lowest BCUT2D eigenvalue weighted by Gasteiger charge is -2.34. The first-order valence-electron chi connectivity index (χ1n) is 6.60. The van der Waals surface area contributed by atoms with Gasteiger partial charge in [-0.15, -0.1) is 0 Å². The number of benzene rings is 1. The minimum absolute atomic E-state index is 0.00891. The van der Waals surface area contributed by atoms with Crippen molar-refractivity contribution in [3.63, 3.8) is 0 Å². The van der Waals surface area contributed by atoms with E-state index in [1.807, 2.05) is 0 Å². The lowest BCUT2D eigenvalue weighted by molar-refractivity contribution is 0.127. The summed E-state index contributed by atoms with van der Waals surface area (Å²) in [6.07, 6.45) is 1.19. The molecule has 1 N–H and O–H groups in total. The fourth-order valence-corrected chi connectivity index (χ4v) is 2.47. The lowest BCUT2D eigenvalue weighted by Crippen LogP contribution is -2.45. The third-order valence-electron chi connectivity index (χ3n) is 3.35. The van der Waals surface area contributed by atoms with E-state index >= 15 is 0 Å². The standard InChI is InChI=1S/C14H21FN2O/c1-2-3-16-4-6-17(7-5-16)11-12-8-13(15)10-14(18)9-12/h8-10,18H,2-7,11H2,1H3. The van der Waals surface area contributed by atoms with E-state index in [4.69, 9.17) is 0 Å². The first-order chi connectivity index (χ1) is 8.67. The van der Waals surface area contributed by atoms with Gasteiger partial charge in [0.2, 0.25) is 0 Å². The molecule has 18 heavy (non-hydrogen) atoms. The van der Waals surface area contributed by atoms with Crippen LogP contribution in [0, 0.1) is 5.82 Å². The van der Waals surface area contributed by atoms with Gasteiger partial charge in [-0.05, 0) is 30.7 Å². The van der Waals surface area contributed by atoms with Gasteiger partial charge in [0.05, 0.1) is 0 Å². The molecule has 0 aromatic heterocycles. The van der Waals surface area contributed by atoms with E-state index in [-0.39, 0.29) is 11.6 Å². The van der Waals surface area contributed by atoms with E-state index in [2.05, 4.69) is 16.7 Å². The average Bonchev–Trinajstić information content (AvgIpc) is 2.31. The van der Waals surface area contributed by atoms with Crippen LogP contribution in [0.25, 0.3) is 0 Å². The largest absolute Gasteiger partial charge is 0.508 e. The predicted molar refractivity (Wildman–Crippen MR) is 70.1 cm³/mol. The van der Waals surface area contributed by atoms with Crippen LogP contribution in [0.1, 0.15) is 18.9 Å². The van der Waals surface area contributed by atoms with Gasteiger partial charge in [0.1, 0.15) is 11.6 Å². The summed E-state index contributed by atoms with van der Waals surface area (Å²) in [6, 6.07) is 4.28. The molecule has 1 heterocycles. The quantitative estimate of drug-likeness (QED) is 0.888. The van der Waals surface area contributed by atoms with Gasteiger partial charge < -0.3 is 10.0 Å². The Hall–Kier alpha value is -1.13. The molecule has 1 aliphatic rings. The van der Waals surface area contributed by atoms with Crippen LogP contribution >= 0.6 is 0 Å². The summed E-state index contributed by atoms with van der Waals surface area (Å²) in [5, 5.41) is 9.37. The summed E-state index contributed by atoms with van der Waals surface area (Å²) in [5.41, 5.74) is 0.844. The lowest BCUT2D eigenvalue weighted by atomic mass is 10.2. The average molecular weight is 252 g/mol. The zero-order valence-electron chi connectivity index (χ0n) is 10.9. The van der Waals surface area contributed by atoms with Gasteiger partial charge in [-0.2, -0.15) is 0 Å². The summed E-state index contributed by atoms with van der Waals surface area (Å²) in [4.78, 5) is 4.76. The Morgan fingerprint density at radius 1 is 1.11 bits per heavy atom. The fourth-order valence-electron chi connectivity index (χ4n) is 2.47. The number of nitrogens with zero attached hydrogens (tertiary/aromatic N) is 2. The SMILES string of the molecule is CCCN1CCN(Cc2cc(O)cc(F)c2)CC1. The second-order valence-corrected chi connectivity index (χ2v) is 4.94. The number of aromatic hydroxyl groups is 1. The Kier molecular flexibility index (Phi) is 4.55. The van der Waals surface area contributed by atoms with Gasteiger partial charge in [-0.25, -0.2) is 4.39 Å². The van der Waals surface area contributed by atoms with Crippen molar-refractivity contribution in [2.45, 2.75) is 19.9 Å². The van der Waals surface area contributed by atoms with Crippen LogP contribution in [-0.4, -0.2) is 47.6 Å². The molecule has 0 bridgehead atoms. The molecule has 0 atom stereocenters. The monoisotopic (exact) mass is 252 g/mol. The molecule has 2 rings (SSSR count). The maximum atomic E-state index is 13.2. The zero-order chi connectivity index (χ0) is 13.0. The first kappa shape index (κ1) is 13.3. The molecular formula is C14H21FN2O.